The fourth-order valence-electron chi connectivity index (χ4n) is 1.41. The average Bonchev–Trinajstić information content (AvgIpc) is 2.37. The Morgan fingerprint density at radius 2 is 1.83 bits per heavy atom. The first-order valence-electron chi connectivity index (χ1n) is 5.54. The molecule has 0 aliphatic heterocycles. The molecule has 0 spiro atoms. The molecule has 1 amide bonds. The standard InChI is InChI=1S/C13H17NO4/c1-9-4-6-10(7-5-9)14-12(15)8-11(17-2)13(16)18-3/h4-7,11H,8H2,1-3H3,(H,14,15). The zero-order valence-corrected chi connectivity index (χ0v) is 10.7. The number of carbonyl (C=O) groups excluding carboxylic acids is 2. The van der Waals surface area contributed by atoms with E-state index in [1.165, 1.54) is 14.2 Å². The predicted octanol–water partition coefficient (Wildman–Crippen LogP) is 1.51. The highest BCUT2D eigenvalue weighted by Gasteiger charge is 2.21. The second-order valence-corrected chi connectivity index (χ2v) is 3.87. The van der Waals surface area contributed by atoms with E-state index in [4.69, 9.17) is 4.74 Å². The fraction of sp³-hybridized carbons (Fsp3) is 0.385. The van der Waals surface area contributed by atoms with E-state index in [1.807, 2.05) is 19.1 Å². The molecule has 5 nitrogen and oxygen atoms in total. The third kappa shape index (κ3) is 4.18. The van der Waals surface area contributed by atoms with Gasteiger partial charge in [-0.25, -0.2) is 4.79 Å². The Balaban J connectivity index is 2.55. The summed E-state index contributed by atoms with van der Waals surface area (Å²) >= 11 is 0. The molecule has 1 rings (SSSR count). The third-order valence-electron chi connectivity index (χ3n) is 2.45. The van der Waals surface area contributed by atoms with Gasteiger partial charge in [-0.3, -0.25) is 4.79 Å². The van der Waals surface area contributed by atoms with Gasteiger partial charge in [0.2, 0.25) is 5.91 Å². The minimum atomic E-state index is -0.875. The van der Waals surface area contributed by atoms with Gasteiger partial charge in [0.15, 0.2) is 6.10 Å². The summed E-state index contributed by atoms with van der Waals surface area (Å²) in [5, 5.41) is 2.69. The van der Waals surface area contributed by atoms with Gasteiger partial charge in [0.25, 0.3) is 0 Å². The van der Waals surface area contributed by atoms with E-state index in [-0.39, 0.29) is 12.3 Å². The largest absolute Gasteiger partial charge is 0.467 e. The van der Waals surface area contributed by atoms with Gasteiger partial charge in [-0.15, -0.1) is 0 Å². The van der Waals surface area contributed by atoms with Crippen LogP contribution in [0.4, 0.5) is 5.69 Å². The molecule has 1 aromatic rings. The Morgan fingerprint density at radius 3 is 2.33 bits per heavy atom. The number of aryl methyl sites for hydroxylation is 1. The number of amides is 1. The number of benzene rings is 1. The van der Waals surface area contributed by atoms with Crippen LogP contribution in [0.25, 0.3) is 0 Å². The van der Waals surface area contributed by atoms with E-state index in [0.29, 0.717) is 5.69 Å². The Morgan fingerprint density at radius 1 is 1.22 bits per heavy atom. The average molecular weight is 251 g/mol. The molecule has 0 radical (unpaired) electrons. The lowest BCUT2D eigenvalue weighted by Crippen LogP contribution is -2.29. The van der Waals surface area contributed by atoms with Crippen LogP contribution in [0, 0.1) is 6.92 Å². The molecule has 0 fully saturated rings. The molecule has 0 aliphatic carbocycles. The lowest BCUT2D eigenvalue weighted by Gasteiger charge is -2.12. The molecular formula is C13H17NO4. The fourth-order valence-corrected chi connectivity index (χ4v) is 1.41. The number of carbonyl (C=O) groups is 2. The van der Waals surface area contributed by atoms with Crippen molar-refractivity contribution in [1.29, 1.82) is 0 Å². The smallest absolute Gasteiger partial charge is 0.335 e. The van der Waals surface area contributed by atoms with E-state index in [0.717, 1.165) is 5.56 Å². The van der Waals surface area contributed by atoms with Crippen molar-refractivity contribution in [3.8, 4) is 0 Å². The molecule has 0 bridgehead atoms. The summed E-state index contributed by atoms with van der Waals surface area (Å²) in [5.74, 6) is -0.854. The van der Waals surface area contributed by atoms with Crippen molar-refractivity contribution in [3.63, 3.8) is 0 Å². The van der Waals surface area contributed by atoms with Gasteiger partial charge < -0.3 is 14.8 Å². The number of anilines is 1. The van der Waals surface area contributed by atoms with Crippen molar-refractivity contribution in [3.05, 3.63) is 29.8 Å². The molecule has 0 aromatic heterocycles. The first-order valence-corrected chi connectivity index (χ1v) is 5.54. The number of hydrogen-bond acceptors (Lipinski definition) is 4. The monoisotopic (exact) mass is 251 g/mol. The molecule has 1 N–H and O–H groups in total. The molecular weight excluding hydrogens is 234 g/mol. The number of nitrogens with one attached hydrogen (secondary N) is 1. The summed E-state index contributed by atoms with van der Waals surface area (Å²) in [6.45, 7) is 1.96. The molecule has 1 atom stereocenters. The van der Waals surface area contributed by atoms with Crippen LogP contribution in [-0.4, -0.2) is 32.2 Å². The second-order valence-electron chi connectivity index (χ2n) is 3.87. The van der Waals surface area contributed by atoms with Crippen LogP contribution < -0.4 is 5.32 Å². The van der Waals surface area contributed by atoms with Crippen LogP contribution >= 0.6 is 0 Å². The summed E-state index contributed by atoms with van der Waals surface area (Å²) in [4.78, 5) is 22.9. The second kappa shape index (κ2) is 6.76. The summed E-state index contributed by atoms with van der Waals surface area (Å²) in [7, 11) is 2.62. The van der Waals surface area contributed by atoms with Crippen molar-refractivity contribution in [2.45, 2.75) is 19.4 Å². The van der Waals surface area contributed by atoms with E-state index in [2.05, 4.69) is 10.1 Å². The molecule has 98 valence electrons. The maximum Gasteiger partial charge on any atom is 0.335 e. The molecule has 0 heterocycles. The number of rotatable bonds is 5. The topological polar surface area (TPSA) is 64.6 Å². The lowest BCUT2D eigenvalue weighted by atomic mass is 10.2. The molecule has 5 heteroatoms. The number of ether oxygens (including phenoxy) is 2. The minimum Gasteiger partial charge on any atom is -0.467 e. The van der Waals surface area contributed by atoms with Crippen LogP contribution in [0.3, 0.4) is 0 Å². The summed E-state index contributed by atoms with van der Waals surface area (Å²) in [6, 6.07) is 7.38. The Kier molecular flexibility index (Phi) is 5.32. The van der Waals surface area contributed by atoms with Crippen molar-refractivity contribution in [1.82, 2.24) is 0 Å². The Bertz CT molecular complexity index is 414. The highest BCUT2D eigenvalue weighted by molar-refractivity contribution is 5.93. The van der Waals surface area contributed by atoms with E-state index < -0.39 is 12.1 Å². The molecule has 18 heavy (non-hydrogen) atoms. The van der Waals surface area contributed by atoms with E-state index in [9.17, 15) is 9.59 Å². The Labute approximate surface area is 106 Å². The number of methoxy groups -OCH3 is 2. The summed E-state index contributed by atoms with van der Waals surface area (Å²) < 4.78 is 9.42. The van der Waals surface area contributed by atoms with Gasteiger partial charge in [-0.05, 0) is 19.1 Å². The van der Waals surface area contributed by atoms with Gasteiger partial charge in [0, 0.05) is 12.8 Å². The molecule has 1 unspecified atom stereocenters. The molecule has 0 aliphatic rings. The quantitative estimate of drug-likeness (QED) is 0.806. The van der Waals surface area contributed by atoms with Gasteiger partial charge in [0.05, 0.1) is 13.5 Å². The summed E-state index contributed by atoms with van der Waals surface area (Å²) in [5.41, 5.74) is 1.79. The maximum atomic E-state index is 11.7. The highest BCUT2D eigenvalue weighted by Crippen LogP contribution is 2.10. The van der Waals surface area contributed by atoms with Crippen LogP contribution in [-0.2, 0) is 19.1 Å². The van der Waals surface area contributed by atoms with Crippen molar-refractivity contribution >= 4 is 17.6 Å². The van der Waals surface area contributed by atoms with Crippen LogP contribution in [0.15, 0.2) is 24.3 Å². The van der Waals surface area contributed by atoms with Crippen molar-refractivity contribution < 1.29 is 19.1 Å². The zero-order valence-electron chi connectivity index (χ0n) is 10.7. The van der Waals surface area contributed by atoms with Crippen LogP contribution in [0.2, 0.25) is 0 Å². The first-order chi connectivity index (χ1) is 8.56. The van der Waals surface area contributed by atoms with Gasteiger partial charge in [-0.2, -0.15) is 0 Å². The highest BCUT2D eigenvalue weighted by atomic mass is 16.6. The predicted molar refractivity (Wildman–Crippen MR) is 67.2 cm³/mol. The molecule has 0 saturated heterocycles. The molecule has 1 aromatic carbocycles. The van der Waals surface area contributed by atoms with Gasteiger partial charge in [0.1, 0.15) is 0 Å². The lowest BCUT2D eigenvalue weighted by molar-refractivity contribution is -0.154. The van der Waals surface area contributed by atoms with Crippen LogP contribution in [0.5, 0.6) is 0 Å². The van der Waals surface area contributed by atoms with Gasteiger partial charge >= 0.3 is 5.97 Å². The molecule has 0 saturated carbocycles. The van der Waals surface area contributed by atoms with Crippen LogP contribution in [0.1, 0.15) is 12.0 Å². The number of esters is 1. The van der Waals surface area contributed by atoms with Gasteiger partial charge in [-0.1, -0.05) is 17.7 Å². The van der Waals surface area contributed by atoms with Crippen molar-refractivity contribution in [2.75, 3.05) is 19.5 Å². The SMILES string of the molecule is COC(=O)C(CC(=O)Nc1ccc(C)cc1)OC. The summed E-state index contributed by atoms with van der Waals surface area (Å²) in [6.07, 6.45) is -0.947. The Hall–Kier alpha value is -1.88. The van der Waals surface area contributed by atoms with E-state index in [1.54, 1.807) is 12.1 Å². The van der Waals surface area contributed by atoms with Crippen molar-refractivity contribution in [2.24, 2.45) is 0 Å². The minimum absolute atomic E-state index is 0.0724. The zero-order chi connectivity index (χ0) is 13.5. The first kappa shape index (κ1) is 14.2. The normalized spacial score (nSPS) is 11.7. The third-order valence-corrected chi connectivity index (χ3v) is 2.45. The van der Waals surface area contributed by atoms with E-state index >= 15 is 0 Å². The maximum absolute atomic E-state index is 11.7. The number of hydrogen-bond donors (Lipinski definition) is 1.